The minimum absolute atomic E-state index is 0.0619. The molecule has 0 unspecified atom stereocenters. The molecule has 2 nitrogen and oxygen atoms in total. The van der Waals surface area contributed by atoms with Gasteiger partial charge in [-0.1, -0.05) is 17.7 Å². The standard InChI is InChI=1S/C10H6ClF2NO/c1-5(15)6-2-3-7(10(12)13)9(11)8(6)4-14/h2-3,10H,1H3. The average molecular weight is 230 g/mol. The first-order valence-corrected chi connectivity index (χ1v) is 4.38. The van der Waals surface area contributed by atoms with Gasteiger partial charge in [0.25, 0.3) is 6.43 Å². The fraction of sp³-hybridized carbons (Fsp3) is 0.200. The minimum Gasteiger partial charge on any atom is -0.294 e. The van der Waals surface area contributed by atoms with Crippen molar-refractivity contribution in [3.8, 4) is 6.07 Å². The van der Waals surface area contributed by atoms with Crippen LogP contribution in [0.1, 0.15) is 34.8 Å². The summed E-state index contributed by atoms with van der Waals surface area (Å²) in [6.45, 7) is 1.24. The zero-order valence-corrected chi connectivity index (χ0v) is 8.48. The molecule has 0 saturated heterocycles. The van der Waals surface area contributed by atoms with Crippen molar-refractivity contribution in [2.75, 3.05) is 0 Å². The van der Waals surface area contributed by atoms with Gasteiger partial charge in [0.05, 0.1) is 10.6 Å². The lowest BCUT2D eigenvalue weighted by molar-refractivity contribution is 0.101. The Morgan fingerprint density at radius 2 is 2.13 bits per heavy atom. The van der Waals surface area contributed by atoms with Crippen LogP contribution in [-0.4, -0.2) is 5.78 Å². The Morgan fingerprint density at radius 3 is 2.53 bits per heavy atom. The summed E-state index contributed by atoms with van der Waals surface area (Å²) in [4.78, 5) is 11.1. The highest BCUT2D eigenvalue weighted by Crippen LogP contribution is 2.31. The van der Waals surface area contributed by atoms with Crippen LogP contribution in [0.15, 0.2) is 12.1 Å². The van der Waals surface area contributed by atoms with Gasteiger partial charge < -0.3 is 0 Å². The number of halogens is 3. The number of nitrogens with zero attached hydrogens (tertiary/aromatic N) is 1. The van der Waals surface area contributed by atoms with Crippen LogP contribution in [0.3, 0.4) is 0 Å². The first-order valence-electron chi connectivity index (χ1n) is 4.00. The van der Waals surface area contributed by atoms with Crippen LogP contribution in [0.25, 0.3) is 0 Å². The summed E-state index contributed by atoms with van der Waals surface area (Å²) < 4.78 is 24.8. The maximum absolute atomic E-state index is 12.4. The van der Waals surface area contributed by atoms with Crippen LogP contribution in [0.5, 0.6) is 0 Å². The van der Waals surface area contributed by atoms with Gasteiger partial charge in [0.2, 0.25) is 0 Å². The third-order valence-corrected chi connectivity index (χ3v) is 2.31. The number of hydrogen-bond acceptors (Lipinski definition) is 2. The number of hydrogen-bond donors (Lipinski definition) is 0. The van der Waals surface area contributed by atoms with Gasteiger partial charge in [-0.15, -0.1) is 0 Å². The first kappa shape index (κ1) is 11.6. The number of alkyl halides is 2. The van der Waals surface area contributed by atoms with Gasteiger partial charge >= 0.3 is 0 Å². The Hall–Kier alpha value is -1.47. The zero-order valence-electron chi connectivity index (χ0n) is 7.72. The highest BCUT2D eigenvalue weighted by atomic mass is 35.5. The number of ketones is 1. The molecule has 0 spiro atoms. The van der Waals surface area contributed by atoms with Gasteiger partial charge in [0.1, 0.15) is 6.07 Å². The van der Waals surface area contributed by atoms with E-state index in [2.05, 4.69) is 0 Å². The lowest BCUT2D eigenvalue weighted by atomic mass is 10.0. The molecule has 0 radical (unpaired) electrons. The van der Waals surface area contributed by atoms with Gasteiger partial charge in [0.15, 0.2) is 5.78 Å². The molecule has 15 heavy (non-hydrogen) atoms. The van der Waals surface area contributed by atoms with Crippen molar-refractivity contribution >= 4 is 17.4 Å². The van der Waals surface area contributed by atoms with E-state index in [1.807, 2.05) is 0 Å². The van der Waals surface area contributed by atoms with Crippen LogP contribution in [0.4, 0.5) is 8.78 Å². The van der Waals surface area contributed by atoms with E-state index >= 15 is 0 Å². The lowest BCUT2D eigenvalue weighted by Crippen LogP contribution is -2.00. The fourth-order valence-electron chi connectivity index (χ4n) is 1.16. The van der Waals surface area contributed by atoms with Gasteiger partial charge in [-0.25, -0.2) is 8.78 Å². The zero-order chi connectivity index (χ0) is 11.6. The molecule has 1 aromatic rings. The van der Waals surface area contributed by atoms with Gasteiger partial charge in [-0.2, -0.15) is 5.26 Å². The molecule has 5 heteroatoms. The molecule has 0 aliphatic carbocycles. The molecule has 0 atom stereocenters. The maximum atomic E-state index is 12.4. The van der Waals surface area contributed by atoms with Crippen molar-refractivity contribution in [2.45, 2.75) is 13.3 Å². The summed E-state index contributed by atoms with van der Waals surface area (Å²) in [5.74, 6) is -0.380. The molecule has 1 aromatic carbocycles. The number of rotatable bonds is 2. The molecule has 1 rings (SSSR count). The molecule has 78 valence electrons. The van der Waals surface area contributed by atoms with E-state index in [1.54, 1.807) is 6.07 Å². The number of nitriles is 1. The van der Waals surface area contributed by atoms with E-state index in [-0.39, 0.29) is 21.9 Å². The molecular weight excluding hydrogens is 224 g/mol. The number of Topliss-reactive ketones (excluding diaryl/α,β-unsaturated/α-hetero) is 1. The molecule has 0 aromatic heterocycles. The lowest BCUT2D eigenvalue weighted by Gasteiger charge is -2.07. The molecule has 0 aliphatic heterocycles. The smallest absolute Gasteiger partial charge is 0.265 e. The van der Waals surface area contributed by atoms with E-state index in [9.17, 15) is 13.6 Å². The van der Waals surface area contributed by atoms with Gasteiger partial charge in [-0.05, 0) is 13.0 Å². The Balaban J connectivity index is 3.48. The number of benzene rings is 1. The van der Waals surface area contributed by atoms with Crippen molar-refractivity contribution in [3.63, 3.8) is 0 Å². The SMILES string of the molecule is CC(=O)c1ccc(C(F)F)c(Cl)c1C#N. The highest BCUT2D eigenvalue weighted by Gasteiger charge is 2.19. The van der Waals surface area contributed by atoms with Crippen molar-refractivity contribution in [1.82, 2.24) is 0 Å². The van der Waals surface area contributed by atoms with E-state index in [4.69, 9.17) is 16.9 Å². The predicted molar refractivity (Wildman–Crippen MR) is 51.1 cm³/mol. The molecular formula is C10H6ClF2NO. The maximum Gasteiger partial charge on any atom is 0.265 e. The van der Waals surface area contributed by atoms with E-state index in [1.165, 1.54) is 13.0 Å². The van der Waals surface area contributed by atoms with E-state index in [0.29, 0.717) is 0 Å². The molecule has 0 saturated carbocycles. The van der Waals surface area contributed by atoms with Crippen molar-refractivity contribution in [1.29, 1.82) is 5.26 Å². The third-order valence-electron chi connectivity index (χ3n) is 1.90. The molecule has 0 amide bonds. The number of carbonyl (C=O) groups excluding carboxylic acids is 1. The molecule has 0 bridgehead atoms. The Bertz CT molecular complexity index is 451. The monoisotopic (exact) mass is 229 g/mol. The summed E-state index contributed by atoms with van der Waals surface area (Å²) in [7, 11) is 0. The minimum atomic E-state index is -2.76. The topological polar surface area (TPSA) is 40.9 Å². The van der Waals surface area contributed by atoms with Crippen LogP contribution in [-0.2, 0) is 0 Å². The molecule has 0 heterocycles. The van der Waals surface area contributed by atoms with Crippen LogP contribution < -0.4 is 0 Å². The van der Waals surface area contributed by atoms with Gasteiger partial charge in [-0.3, -0.25) is 4.79 Å². The highest BCUT2D eigenvalue weighted by molar-refractivity contribution is 6.33. The summed E-state index contributed by atoms with van der Waals surface area (Å²) in [6, 6.07) is 3.90. The average Bonchev–Trinajstić information content (AvgIpc) is 2.16. The molecule has 0 fully saturated rings. The molecule has 0 N–H and O–H groups in total. The molecule has 0 aliphatic rings. The first-order chi connectivity index (χ1) is 6.99. The Morgan fingerprint density at radius 1 is 1.53 bits per heavy atom. The summed E-state index contributed by atoms with van der Waals surface area (Å²) in [5, 5.41) is 8.38. The second-order valence-electron chi connectivity index (χ2n) is 2.86. The summed E-state index contributed by atoms with van der Waals surface area (Å²) in [5.41, 5.74) is -0.563. The fourth-order valence-corrected chi connectivity index (χ4v) is 1.45. The van der Waals surface area contributed by atoms with Crippen LogP contribution in [0.2, 0.25) is 5.02 Å². The summed E-state index contributed by atoms with van der Waals surface area (Å²) in [6.07, 6.45) is -2.76. The number of carbonyl (C=O) groups is 1. The quantitative estimate of drug-likeness (QED) is 0.730. The predicted octanol–water partition coefficient (Wildman–Crippen LogP) is 3.35. The van der Waals surface area contributed by atoms with Crippen molar-refractivity contribution in [3.05, 3.63) is 33.8 Å². The van der Waals surface area contributed by atoms with Crippen LogP contribution in [0, 0.1) is 11.3 Å². The second kappa shape index (κ2) is 4.37. The third kappa shape index (κ3) is 2.13. The van der Waals surface area contributed by atoms with E-state index in [0.717, 1.165) is 6.07 Å². The normalized spacial score (nSPS) is 10.1. The largest absolute Gasteiger partial charge is 0.294 e. The second-order valence-corrected chi connectivity index (χ2v) is 3.24. The van der Waals surface area contributed by atoms with Gasteiger partial charge in [0, 0.05) is 11.1 Å². The Kier molecular flexibility index (Phi) is 3.38. The van der Waals surface area contributed by atoms with Crippen molar-refractivity contribution in [2.24, 2.45) is 0 Å². The van der Waals surface area contributed by atoms with Crippen LogP contribution >= 0.6 is 11.6 Å². The Labute approximate surface area is 90.1 Å². The summed E-state index contributed by atoms with van der Waals surface area (Å²) >= 11 is 5.60. The van der Waals surface area contributed by atoms with E-state index < -0.39 is 12.0 Å². The van der Waals surface area contributed by atoms with Crippen molar-refractivity contribution < 1.29 is 13.6 Å².